The molecule has 0 bridgehead atoms. The number of hydrogen-bond acceptors (Lipinski definition) is 5. The highest BCUT2D eigenvalue weighted by molar-refractivity contribution is 5.76. The van der Waals surface area contributed by atoms with Crippen LogP contribution in [-0.4, -0.2) is 27.1 Å². The molecule has 0 spiro atoms. The number of benzene rings is 2. The predicted octanol–water partition coefficient (Wildman–Crippen LogP) is 2.36. The van der Waals surface area contributed by atoms with E-state index in [1.807, 2.05) is 37.3 Å². The lowest BCUT2D eigenvalue weighted by molar-refractivity contribution is -0.148. The zero-order valence-electron chi connectivity index (χ0n) is 14.0. The molecule has 0 aliphatic rings. The second kappa shape index (κ2) is 7.70. The van der Waals surface area contributed by atoms with Crippen LogP contribution in [0.25, 0.3) is 10.9 Å². The van der Waals surface area contributed by atoms with Crippen molar-refractivity contribution in [1.82, 2.24) is 15.0 Å². The van der Waals surface area contributed by atoms with Gasteiger partial charge in [0.1, 0.15) is 11.6 Å². The van der Waals surface area contributed by atoms with E-state index in [0.717, 1.165) is 5.56 Å². The van der Waals surface area contributed by atoms with Crippen LogP contribution in [0, 0.1) is 0 Å². The Bertz CT molecular complexity index is 922. The molecule has 25 heavy (non-hydrogen) atoms. The van der Waals surface area contributed by atoms with Crippen LogP contribution in [0.15, 0.2) is 59.4 Å². The number of ether oxygens (including phenoxy) is 1. The Morgan fingerprint density at radius 2 is 1.84 bits per heavy atom. The summed E-state index contributed by atoms with van der Waals surface area (Å²) >= 11 is 0. The molecule has 6 heteroatoms. The van der Waals surface area contributed by atoms with Crippen LogP contribution in [0.2, 0.25) is 0 Å². The predicted molar refractivity (Wildman–Crippen MR) is 94.1 cm³/mol. The maximum absolute atomic E-state index is 12.3. The normalized spacial score (nSPS) is 12.0. The first-order valence-corrected chi connectivity index (χ1v) is 8.19. The summed E-state index contributed by atoms with van der Waals surface area (Å²) in [6.07, 6.45) is 0.503. The van der Waals surface area contributed by atoms with E-state index in [0.29, 0.717) is 17.3 Å². The lowest BCUT2D eigenvalue weighted by Crippen LogP contribution is -2.26. The number of hydrogen-bond donors (Lipinski definition) is 0. The molecular weight excluding hydrogens is 318 g/mol. The molecule has 0 aliphatic carbocycles. The standard InChI is InChI=1S/C19H19N3O3/c1-14(13-15-7-3-2-4-8-15)25-18(23)11-12-22-19(24)16-9-5-6-10-17(16)20-21-22/h2-10,14H,11-13H2,1H3. The van der Waals surface area contributed by atoms with Crippen molar-refractivity contribution in [3.63, 3.8) is 0 Å². The Labute approximate surface area is 145 Å². The number of fused-ring (bicyclic) bond motifs is 1. The van der Waals surface area contributed by atoms with E-state index in [1.165, 1.54) is 4.68 Å². The first-order chi connectivity index (χ1) is 12.1. The van der Waals surface area contributed by atoms with Gasteiger partial charge in [-0.1, -0.05) is 47.7 Å². The van der Waals surface area contributed by atoms with Gasteiger partial charge in [0.2, 0.25) is 0 Å². The molecule has 6 nitrogen and oxygen atoms in total. The zero-order valence-corrected chi connectivity index (χ0v) is 14.0. The number of aromatic nitrogens is 3. The monoisotopic (exact) mass is 337 g/mol. The van der Waals surface area contributed by atoms with Crippen molar-refractivity contribution >= 4 is 16.9 Å². The molecule has 1 atom stereocenters. The van der Waals surface area contributed by atoms with Crippen molar-refractivity contribution < 1.29 is 9.53 Å². The molecule has 1 unspecified atom stereocenters. The van der Waals surface area contributed by atoms with Gasteiger partial charge in [-0.05, 0) is 24.6 Å². The van der Waals surface area contributed by atoms with Gasteiger partial charge in [-0.2, -0.15) is 0 Å². The Morgan fingerprint density at radius 3 is 2.64 bits per heavy atom. The topological polar surface area (TPSA) is 74.1 Å². The van der Waals surface area contributed by atoms with Crippen molar-refractivity contribution in [2.24, 2.45) is 0 Å². The second-order valence-electron chi connectivity index (χ2n) is 5.88. The van der Waals surface area contributed by atoms with E-state index < -0.39 is 0 Å². The Hall–Kier alpha value is -3.02. The molecule has 0 radical (unpaired) electrons. The molecular formula is C19H19N3O3. The summed E-state index contributed by atoms with van der Waals surface area (Å²) in [7, 11) is 0. The fourth-order valence-corrected chi connectivity index (χ4v) is 2.64. The quantitative estimate of drug-likeness (QED) is 0.646. The van der Waals surface area contributed by atoms with E-state index in [4.69, 9.17) is 4.74 Å². The van der Waals surface area contributed by atoms with Crippen molar-refractivity contribution in [2.75, 3.05) is 0 Å². The fourth-order valence-electron chi connectivity index (χ4n) is 2.64. The van der Waals surface area contributed by atoms with Crippen molar-refractivity contribution in [2.45, 2.75) is 32.4 Å². The molecule has 0 fully saturated rings. The number of nitrogens with zero attached hydrogens (tertiary/aromatic N) is 3. The average Bonchev–Trinajstić information content (AvgIpc) is 2.62. The van der Waals surface area contributed by atoms with Crippen LogP contribution in [0.1, 0.15) is 18.9 Å². The Kier molecular flexibility index (Phi) is 5.18. The van der Waals surface area contributed by atoms with Crippen molar-refractivity contribution in [3.8, 4) is 0 Å². The van der Waals surface area contributed by atoms with Gasteiger partial charge in [-0.15, -0.1) is 5.10 Å². The highest BCUT2D eigenvalue weighted by atomic mass is 16.5. The largest absolute Gasteiger partial charge is 0.462 e. The van der Waals surface area contributed by atoms with Gasteiger partial charge in [-0.3, -0.25) is 9.59 Å². The summed E-state index contributed by atoms with van der Waals surface area (Å²) < 4.78 is 6.60. The molecule has 0 amide bonds. The van der Waals surface area contributed by atoms with Gasteiger partial charge in [0.05, 0.1) is 18.4 Å². The SMILES string of the molecule is CC(Cc1ccccc1)OC(=O)CCn1nnc2ccccc2c1=O. The van der Waals surface area contributed by atoms with Crippen LogP contribution < -0.4 is 5.56 Å². The van der Waals surface area contributed by atoms with Gasteiger partial charge in [0, 0.05) is 6.42 Å². The van der Waals surface area contributed by atoms with Crippen LogP contribution in [0.4, 0.5) is 0 Å². The highest BCUT2D eigenvalue weighted by Gasteiger charge is 2.12. The summed E-state index contributed by atoms with van der Waals surface area (Å²) in [5.74, 6) is -0.356. The first-order valence-electron chi connectivity index (χ1n) is 8.19. The molecule has 0 N–H and O–H groups in total. The number of aryl methyl sites for hydroxylation is 1. The molecule has 2 aromatic carbocycles. The van der Waals surface area contributed by atoms with E-state index >= 15 is 0 Å². The Balaban J connectivity index is 1.57. The van der Waals surface area contributed by atoms with Gasteiger partial charge in [0.15, 0.2) is 0 Å². The molecule has 3 aromatic rings. The van der Waals surface area contributed by atoms with E-state index in [1.54, 1.807) is 24.3 Å². The first kappa shape index (κ1) is 16.8. The van der Waals surface area contributed by atoms with Gasteiger partial charge < -0.3 is 4.74 Å². The summed E-state index contributed by atoms with van der Waals surface area (Å²) in [4.78, 5) is 24.3. The summed E-state index contributed by atoms with van der Waals surface area (Å²) in [5.41, 5.74) is 1.40. The summed E-state index contributed by atoms with van der Waals surface area (Å²) in [6.45, 7) is 2.00. The second-order valence-corrected chi connectivity index (χ2v) is 5.88. The third kappa shape index (κ3) is 4.29. The maximum Gasteiger partial charge on any atom is 0.307 e. The zero-order chi connectivity index (χ0) is 17.6. The smallest absolute Gasteiger partial charge is 0.307 e. The fraction of sp³-hybridized carbons (Fsp3) is 0.263. The number of rotatable bonds is 6. The summed E-state index contributed by atoms with van der Waals surface area (Å²) in [5, 5.41) is 8.36. The molecule has 1 heterocycles. The van der Waals surface area contributed by atoms with Gasteiger partial charge in [0.25, 0.3) is 5.56 Å². The molecule has 0 saturated carbocycles. The van der Waals surface area contributed by atoms with Crippen LogP contribution >= 0.6 is 0 Å². The molecule has 0 aliphatic heterocycles. The molecule has 1 aromatic heterocycles. The highest BCUT2D eigenvalue weighted by Crippen LogP contribution is 2.07. The lowest BCUT2D eigenvalue weighted by Gasteiger charge is -2.13. The van der Waals surface area contributed by atoms with Crippen molar-refractivity contribution in [1.29, 1.82) is 0 Å². The number of esters is 1. The minimum absolute atomic E-state index is 0.0755. The van der Waals surface area contributed by atoms with Crippen molar-refractivity contribution in [3.05, 3.63) is 70.5 Å². The van der Waals surface area contributed by atoms with Crippen LogP contribution in [0.3, 0.4) is 0 Å². The molecule has 0 saturated heterocycles. The van der Waals surface area contributed by atoms with Crippen LogP contribution in [0.5, 0.6) is 0 Å². The lowest BCUT2D eigenvalue weighted by atomic mass is 10.1. The minimum Gasteiger partial charge on any atom is -0.462 e. The van der Waals surface area contributed by atoms with Crippen LogP contribution in [-0.2, 0) is 22.5 Å². The molecule has 128 valence electrons. The number of carbonyl (C=O) groups is 1. The van der Waals surface area contributed by atoms with E-state index in [9.17, 15) is 9.59 Å². The van der Waals surface area contributed by atoms with Gasteiger partial charge in [-0.25, -0.2) is 4.68 Å². The third-order valence-corrected chi connectivity index (χ3v) is 3.86. The van der Waals surface area contributed by atoms with E-state index in [2.05, 4.69) is 10.3 Å². The third-order valence-electron chi connectivity index (χ3n) is 3.86. The minimum atomic E-state index is -0.356. The van der Waals surface area contributed by atoms with Gasteiger partial charge >= 0.3 is 5.97 Å². The number of carbonyl (C=O) groups excluding carboxylic acids is 1. The van der Waals surface area contributed by atoms with E-state index in [-0.39, 0.29) is 30.6 Å². The maximum atomic E-state index is 12.3. The molecule has 3 rings (SSSR count). The average molecular weight is 337 g/mol. The summed E-state index contributed by atoms with van der Waals surface area (Å²) in [6, 6.07) is 16.8. The Morgan fingerprint density at radius 1 is 1.12 bits per heavy atom.